The first kappa shape index (κ1) is 30.9. The SMILES string of the molecule is CC(C)(C)[C@H](NC(=O)[C@@H](NC(=O)c1cnccn1)C1CCCCC1)C(=O)N1C[C@@H]2CCC[C@@H]2[C@@]1(C(=O)O)C(C)(C)C. The summed E-state index contributed by atoms with van der Waals surface area (Å²) >= 11 is 0. The Morgan fingerprint density at radius 3 is 2.20 bits per heavy atom. The van der Waals surface area contributed by atoms with Crippen molar-refractivity contribution in [2.75, 3.05) is 6.54 Å². The molecule has 226 valence electrons. The zero-order chi connectivity index (χ0) is 30.2. The van der Waals surface area contributed by atoms with Gasteiger partial charge in [-0.3, -0.25) is 19.4 Å². The molecule has 0 unspecified atom stereocenters. The van der Waals surface area contributed by atoms with Crippen molar-refractivity contribution in [3.8, 4) is 0 Å². The average Bonchev–Trinajstić information content (AvgIpc) is 3.50. The fourth-order valence-electron chi connectivity index (χ4n) is 7.74. The maximum absolute atomic E-state index is 14.5. The van der Waals surface area contributed by atoms with Crippen LogP contribution in [0.4, 0.5) is 0 Å². The van der Waals surface area contributed by atoms with Crippen LogP contribution in [0.2, 0.25) is 0 Å². The third-order valence-corrected chi connectivity index (χ3v) is 9.66. The van der Waals surface area contributed by atoms with Crippen LogP contribution in [0.15, 0.2) is 18.6 Å². The minimum absolute atomic E-state index is 0.0843. The van der Waals surface area contributed by atoms with E-state index >= 15 is 0 Å². The molecule has 1 saturated heterocycles. The highest BCUT2D eigenvalue weighted by Crippen LogP contribution is 2.56. The molecule has 10 heteroatoms. The summed E-state index contributed by atoms with van der Waals surface area (Å²) in [6.45, 7) is 11.7. The van der Waals surface area contributed by atoms with Crippen molar-refractivity contribution < 1.29 is 24.3 Å². The summed E-state index contributed by atoms with van der Waals surface area (Å²) < 4.78 is 0. The van der Waals surface area contributed by atoms with Crippen LogP contribution >= 0.6 is 0 Å². The van der Waals surface area contributed by atoms with E-state index in [9.17, 15) is 24.3 Å². The molecule has 3 amide bonds. The lowest BCUT2D eigenvalue weighted by Gasteiger charge is -2.49. The fraction of sp³-hybridized carbons (Fsp3) is 0.742. The van der Waals surface area contributed by atoms with E-state index in [1.54, 1.807) is 4.90 Å². The second-order valence-electron chi connectivity index (χ2n) is 14.3. The monoisotopic (exact) mass is 569 g/mol. The standard InChI is InChI=1S/C31H47N5O5/c1-29(2,3)24(27(39)36-18-20-13-10-14-21(20)31(36,28(40)41)30(4,5)6)35-26(38)23(19-11-8-7-9-12-19)34-25(37)22-17-32-15-16-33-22/h15-17,19-21,23-24H,7-14,18H2,1-6H3,(H,34,37)(H,35,38)(H,40,41)/t20-,21-,23-,24+,31+/m0/s1. The van der Waals surface area contributed by atoms with Gasteiger partial charge >= 0.3 is 5.97 Å². The number of hydrogen-bond donors (Lipinski definition) is 3. The third-order valence-electron chi connectivity index (χ3n) is 9.66. The van der Waals surface area contributed by atoms with Crippen molar-refractivity contribution >= 4 is 23.7 Å². The van der Waals surface area contributed by atoms with Gasteiger partial charge in [-0.05, 0) is 54.3 Å². The number of carboxylic acid groups (broad SMARTS) is 1. The first-order chi connectivity index (χ1) is 19.2. The Hall–Kier alpha value is -3.04. The van der Waals surface area contributed by atoms with E-state index in [4.69, 9.17) is 0 Å². The predicted octanol–water partition coefficient (Wildman–Crippen LogP) is 3.81. The number of carbonyl (C=O) groups is 4. The number of carboxylic acids is 1. The Labute approximate surface area is 243 Å². The van der Waals surface area contributed by atoms with E-state index in [0.29, 0.717) is 6.54 Å². The van der Waals surface area contributed by atoms with Crippen LogP contribution in [0.3, 0.4) is 0 Å². The van der Waals surface area contributed by atoms with Crippen molar-refractivity contribution in [2.45, 2.75) is 111 Å². The van der Waals surface area contributed by atoms with Gasteiger partial charge in [0.2, 0.25) is 11.8 Å². The molecule has 4 rings (SSSR count). The van der Waals surface area contributed by atoms with Crippen molar-refractivity contribution in [1.29, 1.82) is 0 Å². The molecule has 0 radical (unpaired) electrons. The molecule has 2 aliphatic carbocycles. The van der Waals surface area contributed by atoms with Gasteiger partial charge in [-0.2, -0.15) is 0 Å². The van der Waals surface area contributed by atoms with E-state index in [1.807, 2.05) is 41.5 Å². The number of rotatable bonds is 7. The summed E-state index contributed by atoms with van der Waals surface area (Å²) in [7, 11) is 0. The Balaban J connectivity index is 1.65. The minimum Gasteiger partial charge on any atom is -0.479 e. The molecule has 0 bridgehead atoms. The average molecular weight is 570 g/mol. The maximum Gasteiger partial charge on any atom is 0.330 e. The molecule has 3 N–H and O–H groups in total. The molecule has 0 aromatic carbocycles. The fourth-order valence-corrected chi connectivity index (χ4v) is 7.74. The Morgan fingerprint density at radius 2 is 1.63 bits per heavy atom. The van der Waals surface area contributed by atoms with Crippen LogP contribution in [0.1, 0.15) is 103 Å². The molecule has 1 aromatic rings. The summed E-state index contributed by atoms with van der Waals surface area (Å²) in [6.07, 6.45) is 11.4. The molecule has 5 atom stereocenters. The molecule has 1 aliphatic heterocycles. The molecule has 3 aliphatic rings. The summed E-state index contributed by atoms with van der Waals surface area (Å²) in [4.78, 5) is 64.4. The Bertz CT molecular complexity index is 1140. The molecule has 0 spiro atoms. The number of likely N-dealkylation sites (tertiary alicyclic amines) is 1. The zero-order valence-corrected chi connectivity index (χ0v) is 25.4. The second-order valence-corrected chi connectivity index (χ2v) is 14.3. The van der Waals surface area contributed by atoms with Crippen LogP contribution in [0, 0.1) is 28.6 Å². The van der Waals surface area contributed by atoms with Crippen molar-refractivity contribution in [1.82, 2.24) is 25.5 Å². The third kappa shape index (κ3) is 5.84. The van der Waals surface area contributed by atoms with Gasteiger partial charge in [-0.25, -0.2) is 9.78 Å². The predicted molar refractivity (Wildman–Crippen MR) is 154 cm³/mol. The van der Waals surface area contributed by atoms with Crippen LogP contribution in [-0.2, 0) is 14.4 Å². The summed E-state index contributed by atoms with van der Waals surface area (Å²) in [6, 6.07) is -1.83. The van der Waals surface area contributed by atoms with Gasteiger partial charge in [0.1, 0.15) is 23.3 Å². The number of nitrogens with zero attached hydrogens (tertiary/aromatic N) is 3. The minimum atomic E-state index is -1.37. The number of aromatic nitrogens is 2. The molecular formula is C31H47N5O5. The Kier molecular flexibility index (Phi) is 8.81. The Morgan fingerprint density at radius 1 is 0.951 bits per heavy atom. The lowest BCUT2D eigenvalue weighted by atomic mass is 9.64. The molecule has 2 heterocycles. The second kappa shape index (κ2) is 11.7. The van der Waals surface area contributed by atoms with Crippen molar-refractivity contribution in [3.63, 3.8) is 0 Å². The summed E-state index contributed by atoms with van der Waals surface area (Å²) in [5.74, 6) is -2.39. The summed E-state index contributed by atoms with van der Waals surface area (Å²) in [5, 5.41) is 16.7. The van der Waals surface area contributed by atoms with E-state index in [2.05, 4.69) is 20.6 Å². The van der Waals surface area contributed by atoms with Crippen LogP contribution < -0.4 is 10.6 Å². The molecule has 3 fully saturated rings. The number of fused-ring (bicyclic) bond motifs is 1. The number of nitrogens with one attached hydrogen (secondary N) is 2. The number of aliphatic carboxylic acids is 1. The quantitative estimate of drug-likeness (QED) is 0.453. The number of hydrogen-bond acceptors (Lipinski definition) is 6. The van der Waals surface area contributed by atoms with Crippen molar-refractivity contribution in [2.24, 2.45) is 28.6 Å². The lowest BCUT2D eigenvalue weighted by Crippen LogP contribution is -2.68. The largest absolute Gasteiger partial charge is 0.479 e. The highest BCUT2D eigenvalue weighted by atomic mass is 16.4. The van der Waals surface area contributed by atoms with Crippen molar-refractivity contribution in [3.05, 3.63) is 24.3 Å². The number of amides is 3. The summed E-state index contributed by atoms with van der Waals surface area (Å²) in [5.41, 5.74) is -2.69. The first-order valence-corrected chi connectivity index (χ1v) is 15.1. The lowest BCUT2D eigenvalue weighted by molar-refractivity contribution is -0.170. The number of carbonyl (C=O) groups excluding carboxylic acids is 3. The normalized spacial score (nSPS) is 26.6. The van der Waals surface area contributed by atoms with Gasteiger partial charge < -0.3 is 20.6 Å². The molecular weight excluding hydrogens is 522 g/mol. The van der Waals surface area contributed by atoms with Gasteiger partial charge in [0, 0.05) is 18.9 Å². The highest BCUT2D eigenvalue weighted by molar-refractivity contribution is 5.98. The topological polar surface area (TPSA) is 142 Å². The van der Waals surface area contributed by atoms with Gasteiger partial charge in [0.15, 0.2) is 0 Å². The van der Waals surface area contributed by atoms with Crippen LogP contribution in [0.25, 0.3) is 0 Å². The van der Waals surface area contributed by atoms with E-state index in [-0.39, 0.29) is 29.4 Å². The first-order valence-electron chi connectivity index (χ1n) is 15.1. The zero-order valence-electron chi connectivity index (χ0n) is 25.4. The smallest absolute Gasteiger partial charge is 0.330 e. The molecule has 41 heavy (non-hydrogen) atoms. The van der Waals surface area contributed by atoms with Crippen LogP contribution in [0.5, 0.6) is 0 Å². The van der Waals surface area contributed by atoms with Crippen LogP contribution in [-0.4, -0.2) is 67.8 Å². The molecule has 10 nitrogen and oxygen atoms in total. The van der Waals surface area contributed by atoms with Gasteiger partial charge in [-0.1, -0.05) is 67.2 Å². The van der Waals surface area contributed by atoms with Gasteiger partial charge in [-0.15, -0.1) is 0 Å². The van der Waals surface area contributed by atoms with Gasteiger partial charge in [0.05, 0.1) is 6.20 Å². The maximum atomic E-state index is 14.5. The molecule has 2 saturated carbocycles. The van der Waals surface area contributed by atoms with E-state index in [1.165, 1.54) is 18.6 Å². The van der Waals surface area contributed by atoms with E-state index < -0.39 is 46.2 Å². The van der Waals surface area contributed by atoms with Gasteiger partial charge in [0.25, 0.3) is 5.91 Å². The highest BCUT2D eigenvalue weighted by Gasteiger charge is 2.67. The van der Waals surface area contributed by atoms with E-state index in [0.717, 1.165) is 51.4 Å². The molecule has 1 aromatic heterocycles.